The molecule has 0 saturated heterocycles. The van der Waals surface area contributed by atoms with Crippen LogP contribution in [0.2, 0.25) is 5.02 Å². The van der Waals surface area contributed by atoms with Crippen LogP contribution in [-0.4, -0.2) is 25.0 Å². The third kappa shape index (κ3) is 4.60. The van der Waals surface area contributed by atoms with E-state index in [4.69, 9.17) is 31.5 Å². The van der Waals surface area contributed by atoms with Crippen molar-refractivity contribution in [2.75, 3.05) is 13.2 Å². The molecule has 142 valence electrons. The quantitative estimate of drug-likeness (QED) is 0.743. The second-order valence-electron chi connectivity index (χ2n) is 5.51. The lowest BCUT2D eigenvalue weighted by Crippen LogP contribution is -2.20. The van der Waals surface area contributed by atoms with Crippen molar-refractivity contribution in [3.8, 4) is 6.07 Å². The third-order valence-electron chi connectivity index (χ3n) is 3.73. The molecule has 7 nitrogen and oxygen atoms in total. The smallest absolute Gasteiger partial charge is 0.313 e. The summed E-state index contributed by atoms with van der Waals surface area (Å²) in [6, 6.07) is 8.44. The fraction of sp³-hybridized carbons (Fsp3) is 0.316. The maximum absolute atomic E-state index is 13.2. The molecule has 2 N–H and O–H groups in total. The molecule has 0 spiro atoms. The monoisotopic (exact) mass is 390 g/mol. The SMILES string of the molecule is CCOC(=O)CC1=C(OCC)C(=O)C(c2cccc(Cl)c2)C(C#N)=C(N)O1. The molecule has 0 bridgehead atoms. The van der Waals surface area contributed by atoms with Gasteiger partial charge in [-0.3, -0.25) is 9.59 Å². The Balaban J connectivity index is 2.60. The van der Waals surface area contributed by atoms with Gasteiger partial charge in [0.1, 0.15) is 18.1 Å². The van der Waals surface area contributed by atoms with Gasteiger partial charge in [0.25, 0.3) is 0 Å². The van der Waals surface area contributed by atoms with Crippen molar-refractivity contribution in [2.45, 2.75) is 26.2 Å². The minimum absolute atomic E-state index is 0.0849. The third-order valence-corrected chi connectivity index (χ3v) is 3.96. The zero-order valence-electron chi connectivity index (χ0n) is 15.0. The number of nitrogens with zero attached hydrogens (tertiary/aromatic N) is 1. The number of carbonyl (C=O) groups is 2. The van der Waals surface area contributed by atoms with Crippen LogP contribution in [0.1, 0.15) is 31.7 Å². The first-order valence-corrected chi connectivity index (χ1v) is 8.69. The standard InChI is InChI=1S/C19H19ClN2O5/c1-3-25-15(23)9-14-18(26-4-2)17(24)16(13(10-21)19(22)27-14)11-6-5-7-12(20)8-11/h5-8,16H,3-4,9,22H2,1-2H3. The van der Waals surface area contributed by atoms with E-state index in [9.17, 15) is 14.9 Å². The van der Waals surface area contributed by atoms with E-state index in [0.29, 0.717) is 10.6 Å². The second kappa shape index (κ2) is 9.10. The number of esters is 1. The highest BCUT2D eigenvalue weighted by atomic mass is 35.5. The molecule has 1 aromatic rings. The minimum Gasteiger partial charge on any atom is -0.487 e. The number of hydrogen-bond donors (Lipinski definition) is 1. The van der Waals surface area contributed by atoms with Gasteiger partial charge in [0.15, 0.2) is 5.76 Å². The highest BCUT2D eigenvalue weighted by Crippen LogP contribution is 2.36. The molecule has 0 aliphatic carbocycles. The second-order valence-corrected chi connectivity index (χ2v) is 5.95. The zero-order valence-corrected chi connectivity index (χ0v) is 15.7. The molecular weight excluding hydrogens is 372 g/mol. The van der Waals surface area contributed by atoms with Crippen molar-refractivity contribution in [1.82, 2.24) is 0 Å². The number of ether oxygens (including phenoxy) is 3. The van der Waals surface area contributed by atoms with Gasteiger partial charge in [-0.2, -0.15) is 5.26 Å². The number of nitriles is 1. The van der Waals surface area contributed by atoms with Gasteiger partial charge < -0.3 is 19.9 Å². The lowest BCUT2D eigenvalue weighted by Gasteiger charge is -2.16. The Morgan fingerprint density at radius 1 is 1.37 bits per heavy atom. The molecule has 0 aromatic heterocycles. The summed E-state index contributed by atoms with van der Waals surface area (Å²) in [4.78, 5) is 25.1. The topological polar surface area (TPSA) is 112 Å². The van der Waals surface area contributed by atoms with E-state index < -0.39 is 17.7 Å². The van der Waals surface area contributed by atoms with Crippen LogP contribution < -0.4 is 5.73 Å². The summed E-state index contributed by atoms with van der Waals surface area (Å²) in [5.74, 6) is -2.74. The van der Waals surface area contributed by atoms with Gasteiger partial charge in [-0.1, -0.05) is 23.7 Å². The fourth-order valence-corrected chi connectivity index (χ4v) is 2.85. The van der Waals surface area contributed by atoms with Crippen molar-refractivity contribution < 1.29 is 23.8 Å². The van der Waals surface area contributed by atoms with Crippen molar-refractivity contribution >= 4 is 23.4 Å². The highest BCUT2D eigenvalue weighted by Gasteiger charge is 2.37. The lowest BCUT2D eigenvalue weighted by atomic mass is 9.87. The Morgan fingerprint density at radius 3 is 2.70 bits per heavy atom. The predicted molar refractivity (Wildman–Crippen MR) is 97.0 cm³/mol. The number of Topliss-reactive ketones (excluding diaryl/α,β-unsaturated/α-hetero) is 1. The molecular formula is C19H19ClN2O5. The fourth-order valence-electron chi connectivity index (χ4n) is 2.66. The van der Waals surface area contributed by atoms with Gasteiger partial charge in [-0.05, 0) is 31.5 Å². The van der Waals surface area contributed by atoms with Crippen LogP contribution in [0.3, 0.4) is 0 Å². The summed E-state index contributed by atoms with van der Waals surface area (Å²) in [5, 5.41) is 9.97. The Kier molecular flexibility index (Phi) is 6.85. The molecule has 0 radical (unpaired) electrons. The van der Waals surface area contributed by atoms with Crippen LogP contribution in [0.4, 0.5) is 0 Å². The average molecular weight is 391 g/mol. The Bertz CT molecular complexity index is 854. The maximum Gasteiger partial charge on any atom is 0.313 e. The number of carbonyl (C=O) groups excluding carboxylic acids is 2. The van der Waals surface area contributed by atoms with Crippen LogP contribution in [-0.2, 0) is 23.8 Å². The summed E-state index contributed by atoms with van der Waals surface area (Å²) >= 11 is 6.03. The van der Waals surface area contributed by atoms with E-state index in [1.807, 2.05) is 6.07 Å². The van der Waals surface area contributed by atoms with Gasteiger partial charge >= 0.3 is 5.97 Å². The molecule has 8 heteroatoms. The number of halogens is 1. The molecule has 0 amide bonds. The molecule has 27 heavy (non-hydrogen) atoms. The van der Waals surface area contributed by atoms with Crippen LogP contribution in [0, 0.1) is 11.3 Å². The number of benzene rings is 1. The van der Waals surface area contributed by atoms with Gasteiger partial charge in [0.2, 0.25) is 17.4 Å². The zero-order chi connectivity index (χ0) is 20.0. The van der Waals surface area contributed by atoms with Gasteiger partial charge in [0, 0.05) is 5.02 Å². The first-order chi connectivity index (χ1) is 12.9. The molecule has 1 aliphatic heterocycles. The van der Waals surface area contributed by atoms with Crippen LogP contribution >= 0.6 is 11.6 Å². The average Bonchev–Trinajstić information content (AvgIpc) is 2.71. The van der Waals surface area contributed by atoms with E-state index in [0.717, 1.165) is 0 Å². The molecule has 2 rings (SSSR count). The molecule has 1 unspecified atom stereocenters. The van der Waals surface area contributed by atoms with Crippen LogP contribution in [0.5, 0.6) is 0 Å². The number of ketones is 1. The van der Waals surface area contributed by atoms with Crippen LogP contribution in [0.15, 0.2) is 47.2 Å². The normalized spacial score (nSPS) is 17.1. The molecule has 1 aromatic carbocycles. The van der Waals surface area contributed by atoms with E-state index in [2.05, 4.69) is 0 Å². The molecule has 0 fully saturated rings. The van der Waals surface area contributed by atoms with Gasteiger partial charge in [-0.25, -0.2) is 0 Å². The molecule has 1 aliphatic rings. The van der Waals surface area contributed by atoms with E-state index in [1.54, 1.807) is 38.1 Å². The Morgan fingerprint density at radius 2 is 2.11 bits per heavy atom. The van der Waals surface area contributed by atoms with Crippen molar-refractivity contribution in [1.29, 1.82) is 5.26 Å². The van der Waals surface area contributed by atoms with E-state index in [1.165, 1.54) is 0 Å². The Labute approximate surface area is 161 Å². The van der Waals surface area contributed by atoms with E-state index >= 15 is 0 Å². The largest absolute Gasteiger partial charge is 0.487 e. The van der Waals surface area contributed by atoms with Crippen molar-refractivity contribution in [3.63, 3.8) is 0 Å². The van der Waals surface area contributed by atoms with Crippen molar-refractivity contribution in [2.24, 2.45) is 5.73 Å². The summed E-state index contributed by atoms with van der Waals surface area (Å²) in [6.45, 7) is 3.67. The minimum atomic E-state index is -1.06. The first kappa shape index (κ1) is 20.3. The summed E-state index contributed by atoms with van der Waals surface area (Å²) in [6.07, 6.45) is -0.351. The number of hydrogen-bond acceptors (Lipinski definition) is 7. The summed E-state index contributed by atoms with van der Waals surface area (Å²) < 4.78 is 15.9. The Hall–Kier alpha value is -2.98. The van der Waals surface area contributed by atoms with E-state index in [-0.39, 0.29) is 42.6 Å². The van der Waals surface area contributed by atoms with Crippen molar-refractivity contribution in [3.05, 3.63) is 57.8 Å². The number of nitrogens with two attached hydrogens (primary N) is 1. The van der Waals surface area contributed by atoms with Gasteiger partial charge in [-0.15, -0.1) is 0 Å². The number of allylic oxidation sites excluding steroid dienone is 2. The first-order valence-electron chi connectivity index (χ1n) is 8.31. The predicted octanol–water partition coefficient (Wildman–Crippen LogP) is 2.92. The lowest BCUT2D eigenvalue weighted by molar-refractivity contribution is -0.143. The summed E-state index contributed by atoms with van der Waals surface area (Å²) in [7, 11) is 0. The number of rotatable bonds is 6. The highest BCUT2D eigenvalue weighted by molar-refractivity contribution is 6.30. The van der Waals surface area contributed by atoms with Crippen LogP contribution in [0.25, 0.3) is 0 Å². The molecule has 1 atom stereocenters. The van der Waals surface area contributed by atoms with Gasteiger partial charge in [0.05, 0.1) is 19.1 Å². The molecule has 0 saturated carbocycles. The summed E-state index contributed by atoms with van der Waals surface area (Å²) in [5.41, 5.74) is 6.30. The maximum atomic E-state index is 13.2. The molecule has 1 heterocycles.